The van der Waals surface area contributed by atoms with Crippen molar-refractivity contribution in [3.63, 3.8) is 0 Å². The molecule has 1 unspecified atom stereocenters. The molecule has 48 heavy (non-hydrogen) atoms. The number of aliphatic hydroxyl groups is 2. The average Bonchev–Trinajstić information content (AvgIpc) is 3.12. The molecule has 4 saturated carbocycles. The van der Waals surface area contributed by atoms with E-state index in [9.17, 15) is 50.8 Å². The summed E-state index contributed by atoms with van der Waals surface area (Å²) >= 11 is 0. The molecule has 4 aliphatic carbocycles. The first kappa shape index (κ1) is 37.5. The fourth-order valence-electron chi connectivity index (χ4n) is 9.82. The Bertz CT molecular complexity index is 1480. The fourth-order valence-corrected chi connectivity index (χ4v) is 10.8. The fraction of sp³-hybridized carbons (Fsp3) is 0.867. The van der Waals surface area contributed by atoms with Crippen LogP contribution in [0.4, 0.5) is 0 Å². The van der Waals surface area contributed by atoms with Gasteiger partial charge in [0.05, 0.1) is 24.7 Å². The van der Waals surface area contributed by atoms with Crippen LogP contribution in [0.3, 0.4) is 0 Å². The predicted octanol–water partition coefficient (Wildman–Crippen LogP) is 1.67. The van der Waals surface area contributed by atoms with Gasteiger partial charge in [0.25, 0.3) is 0 Å². The maximum atomic E-state index is 12.9. The van der Waals surface area contributed by atoms with E-state index in [1.54, 1.807) is 13.8 Å². The first-order valence-corrected chi connectivity index (χ1v) is 18.9. The van der Waals surface area contributed by atoms with Crippen molar-refractivity contribution in [2.75, 3.05) is 6.61 Å². The van der Waals surface area contributed by atoms with Gasteiger partial charge in [-0.2, -0.15) is 16.8 Å². The van der Waals surface area contributed by atoms with Crippen LogP contribution < -0.4 is 0 Å². The largest absolute Gasteiger partial charge is 0.481 e. The number of carboxylic acids is 1. The van der Waals surface area contributed by atoms with Crippen molar-refractivity contribution < 1.29 is 73.4 Å². The van der Waals surface area contributed by atoms with Crippen molar-refractivity contribution in [2.24, 2.45) is 40.4 Å². The Morgan fingerprint density at radius 1 is 1.02 bits per heavy atom. The summed E-state index contributed by atoms with van der Waals surface area (Å²) in [5.41, 5.74) is -0.319. The molecule has 2 bridgehead atoms. The molecule has 1 aliphatic heterocycles. The molecule has 5 N–H and O–H groups in total. The Hall–Kier alpha value is -1.74. The lowest BCUT2D eigenvalue weighted by atomic mass is 9.43. The molecular weight excluding hydrogens is 680 g/mol. The molecule has 5 fully saturated rings. The van der Waals surface area contributed by atoms with Crippen LogP contribution in [-0.4, -0.2) is 103 Å². The van der Waals surface area contributed by atoms with Crippen molar-refractivity contribution in [1.82, 2.24) is 0 Å². The number of rotatable bonds is 11. The molecule has 18 heteroatoms. The van der Waals surface area contributed by atoms with E-state index in [-0.39, 0.29) is 42.9 Å². The molecule has 16 nitrogen and oxygen atoms in total. The highest BCUT2D eigenvalue weighted by molar-refractivity contribution is 7.81. The summed E-state index contributed by atoms with van der Waals surface area (Å²) in [7, 11) is -10.8. The van der Waals surface area contributed by atoms with E-state index in [1.807, 2.05) is 6.92 Å². The number of hydrogen-bond donors (Lipinski definition) is 5. The van der Waals surface area contributed by atoms with Crippen molar-refractivity contribution in [1.29, 1.82) is 0 Å². The molecule has 5 rings (SSSR count). The molecule has 13 atom stereocenters. The van der Waals surface area contributed by atoms with Crippen molar-refractivity contribution in [3.8, 4) is 0 Å². The van der Waals surface area contributed by atoms with Crippen LogP contribution in [-0.2, 0) is 53.0 Å². The zero-order chi connectivity index (χ0) is 35.6. The van der Waals surface area contributed by atoms with E-state index in [0.717, 1.165) is 24.8 Å². The summed E-state index contributed by atoms with van der Waals surface area (Å²) in [6.07, 6.45) is -7.93. The molecule has 1 saturated heterocycles. The summed E-state index contributed by atoms with van der Waals surface area (Å²) < 4.78 is 93.5. The maximum absolute atomic E-state index is 12.9. The van der Waals surface area contributed by atoms with Gasteiger partial charge in [-0.25, -0.2) is 8.37 Å². The lowest BCUT2D eigenvalue weighted by molar-refractivity contribution is -0.316. The number of hydrogen-bond acceptors (Lipinski definition) is 13. The van der Waals surface area contributed by atoms with Crippen molar-refractivity contribution in [3.05, 3.63) is 12.2 Å². The molecule has 0 radical (unpaired) electrons. The van der Waals surface area contributed by atoms with Gasteiger partial charge in [-0.1, -0.05) is 27.4 Å². The summed E-state index contributed by atoms with van der Waals surface area (Å²) in [6.45, 7) is 8.52. The number of aliphatic hydroxyl groups excluding tert-OH is 2. The number of carbonyl (C=O) groups excluding carboxylic acids is 1. The molecule has 1 spiro atoms. The van der Waals surface area contributed by atoms with E-state index < -0.39 is 99.0 Å². The number of fused-ring (bicyclic) bond motifs is 3. The molecule has 1 heterocycles. The predicted molar refractivity (Wildman–Crippen MR) is 162 cm³/mol. The Morgan fingerprint density at radius 3 is 2.25 bits per heavy atom. The van der Waals surface area contributed by atoms with Gasteiger partial charge in [-0.05, 0) is 79.6 Å². The Morgan fingerprint density at radius 2 is 1.67 bits per heavy atom. The van der Waals surface area contributed by atoms with Crippen LogP contribution in [0.5, 0.6) is 0 Å². The first-order valence-electron chi connectivity index (χ1n) is 16.2. The Labute approximate surface area is 280 Å². The molecule has 5 aliphatic rings. The van der Waals surface area contributed by atoms with Gasteiger partial charge in [0.2, 0.25) is 0 Å². The van der Waals surface area contributed by atoms with Crippen molar-refractivity contribution in [2.45, 2.75) is 115 Å². The van der Waals surface area contributed by atoms with E-state index in [0.29, 0.717) is 12.8 Å². The summed E-state index contributed by atoms with van der Waals surface area (Å²) in [4.78, 5) is 25.7. The normalized spacial score (nSPS) is 43.0. The molecule has 0 amide bonds. The highest BCUT2D eigenvalue weighted by Gasteiger charge is 2.67. The summed E-state index contributed by atoms with van der Waals surface area (Å²) in [5.74, 6) is -3.25. The monoisotopic (exact) mass is 726 g/mol. The van der Waals surface area contributed by atoms with Crippen LogP contribution in [0, 0.1) is 40.4 Å². The second-order valence-electron chi connectivity index (χ2n) is 14.8. The zero-order valence-corrected chi connectivity index (χ0v) is 28.7. The van der Waals surface area contributed by atoms with Crippen LogP contribution in [0.15, 0.2) is 12.2 Å². The molecule has 274 valence electrons. The smallest absolute Gasteiger partial charge is 0.397 e. The number of ether oxygens (including phenoxy) is 3. The van der Waals surface area contributed by atoms with Gasteiger partial charge < -0.3 is 29.5 Å². The van der Waals surface area contributed by atoms with Gasteiger partial charge >= 0.3 is 32.7 Å². The SMILES string of the molecule is C=C1[C@@H]2CC[C@H]3[C@@]4(C)C[C@H](O[C@@H]5O[C@H](CO)[C@@H](OS(=O)(=O)O)[C@H](OS(=O)(=O)O)[C@H]5OC(=O)CC(C)C)CC(C(=O)O)[C@H]4CC[C@@]3(C2)[C@H]1O. The van der Waals surface area contributed by atoms with E-state index in [4.69, 9.17) is 18.4 Å². The minimum atomic E-state index is -5.42. The van der Waals surface area contributed by atoms with E-state index in [2.05, 4.69) is 10.8 Å². The van der Waals surface area contributed by atoms with Crippen molar-refractivity contribution >= 4 is 32.7 Å². The van der Waals surface area contributed by atoms with Crippen LogP contribution >= 0.6 is 0 Å². The number of carboxylic acid groups (broad SMARTS) is 1. The standard InChI is InChI=1S/C30H46O16S2/c1-14(2)9-22(32)44-25-24(46-48(39,40)41)23(45-47(36,37)38)20(13-31)43-28(25)42-17-10-18(27(34)35)19-7-8-30-11-16(15(3)26(30)33)5-6-21(30)29(19,4)12-17/h14,16-21,23-26,28,31,33H,3,5-13H2,1-2,4H3,(H,34,35)(H,36,37,38)(H,39,40,41)/t16-,17-,18?,19-,20-,21+,23-,24+,25-,26+,28-,29+,30+/m1/s1. The zero-order valence-electron chi connectivity index (χ0n) is 27.0. The van der Waals surface area contributed by atoms with E-state index >= 15 is 0 Å². The Balaban J connectivity index is 1.51. The maximum Gasteiger partial charge on any atom is 0.397 e. The van der Waals surface area contributed by atoms with Gasteiger partial charge in [0, 0.05) is 11.8 Å². The average molecular weight is 727 g/mol. The third kappa shape index (κ3) is 7.20. The minimum Gasteiger partial charge on any atom is -0.481 e. The van der Waals surface area contributed by atoms with Gasteiger partial charge in [-0.3, -0.25) is 18.7 Å². The summed E-state index contributed by atoms with van der Waals surface area (Å²) in [5, 5.41) is 32.0. The quantitative estimate of drug-likeness (QED) is 0.0879. The van der Waals surface area contributed by atoms with Gasteiger partial charge in [0.1, 0.15) is 12.2 Å². The highest BCUT2D eigenvalue weighted by Crippen LogP contribution is 2.70. The van der Waals surface area contributed by atoms with Gasteiger partial charge in [0.15, 0.2) is 18.5 Å². The lowest BCUT2D eigenvalue weighted by Crippen LogP contribution is -2.64. The topological polar surface area (TPSA) is 250 Å². The highest BCUT2D eigenvalue weighted by atomic mass is 32.3. The van der Waals surface area contributed by atoms with Crippen LogP contribution in [0.1, 0.15) is 72.1 Å². The van der Waals surface area contributed by atoms with Gasteiger partial charge in [-0.15, -0.1) is 0 Å². The second-order valence-corrected chi connectivity index (χ2v) is 16.9. The molecule has 0 aromatic carbocycles. The first-order chi connectivity index (χ1) is 22.2. The third-order valence-electron chi connectivity index (χ3n) is 11.5. The summed E-state index contributed by atoms with van der Waals surface area (Å²) in [6, 6.07) is 0. The van der Waals surface area contributed by atoms with Crippen LogP contribution in [0.25, 0.3) is 0 Å². The van der Waals surface area contributed by atoms with E-state index in [1.165, 1.54) is 0 Å². The molecule has 0 aromatic heterocycles. The molecule has 0 aromatic rings. The number of carbonyl (C=O) groups is 2. The second kappa shape index (κ2) is 13.4. The molecular formula is C30H46O16S2. The Kier molecular flexibility index (Phi) is 10.5. The number of esters is 1. The minimum absolute atomic E-state index is 0.0156. The number of aliphatic carboxylic acids is 1. The van der Waals surface area contributed by atoms with Crippen LogP contribution in [0.2, 0.25) is 0 Å². The lowest BCUT2D eigenvalue weighted by Gasteiger charge is -2.62. The third-order valence-corrected chi connectivity index (χ3v) is 12.4.